The molecule has 0 unspecified atom stereocenters. The molecule has 3 aliphatic rings. The van der Waals surface area contributed by atoms with Gasteiger partial charge in [0.05, 0.1) is 7.11 Å². The lowest BCUT2D eigenvalue weighted by molar-refractivity contribution is -0.118. The molecule has 2 bridgehead atoms. The van der Waals surface area contributed by atoms with Crippen LogP contribution in [0.1, 0.15) is 6.42 Å². The number of fused-ring (bicyclic) bond motifs is 5. The predicted octanol–water partition coefficient (Wildman–Crippen LogP) is 1.54. The molecule has 1 saturated carbocycles. The van der Waals surface area contributed by atoms with E-state index in [1.54, 1.807) is 13.2 Å². The lowest BCUT2D eigenvalue weighted by Crippen LogP contribution is -2.21. The number of carbonyl (C=O) groups is 1. The second kappa shape index (κ2) is 2.25. The van der Waals surface area contributed by atoms with Crippen LogP contribution in [0.2, 0.25) is 0 Å². The number of ketones is 1. The zero-order valence-corrected chi connectivity index (χ0v) is 7.57. The molecule has 2 heteroatoms. The maximum Gasteiger partial charge on any atom is 0.163 e. The number of rotatable bonds is 1. The van der Waals surface area contributed by atoms with Gasteiger partial charge in [-0.2, -0.15) is 0 Å². The number of allylic oxidation sites excluding steroid dienone is 4. The summed E-state index contributed by atoms with van der Waals surface area (Å²) in [7, 11) is 1.66. The molecule has 0 saturated heterocycles. The first-order valence-corrected chi connectivity index (χ1v) is 4.79. The van der Waals surface area contributed by atoms with Crippen LogP contribution >= 0.6 is 0 Å². The van der Waals surface area contributed by atoms with E-state index in [4.69, 9.17) is 4.74 Å². The molecule has 0 aromatic heterocycles. The fourth-order valence-electron chi connectivity index (χ4n) is 3.13. The van der Waals surface area contributed by atoms with Gasteiger partial charge in [0.15, 0.2) is 5.78 Å². The smallest absolute Gasteiger partial charge is 0.163 e. The molecule has 1 fully saturated rings. The molecule has 0 spiro atoms. The van der Waals surface area contributed by atoms with Gasteiger partial charge in [-0.15, -0.1) is 0 Å². The van der Waals surface area contributed by atoms with Crippen LogP contribution in [0.15, 0.2) is 24.0 Å². The maximum absolute atomic E-state index is 11.6. The van der Waals surface area contributed by atoms with Crippen molar-refractivity contribution in [3.63, 3.8) is 0 Å². The Hall–Kier alpha value is -1.05. The second-order valence-corrected chi connectivity index (χ2v) is 4.15. The Kier molecular flexibility index (Phi) is 1.27. The molecular formula is C11H12O2. The van der Waals surface area contributed by atoms with Crippen molar-refractivity contribution >= 4 is 5.78 Å². The van der Waals surface area contributed by atoms with E-state index in [0.717, 1.165) is 12.2 Å². The number of carbonyl (C=O) groups excluding carboxylic acids is 1. The van der Waals surface area contributed by atoms with Crippen LogP contribution in [0.4, 0.5) is 0 Å². The highest BCUT2D eigenvalue weighted by Gasteiger charge is 2.52. The van der Waals surface area contributed by atoms with Crippen LogP contribution in [0.25, 0.3) is 0 Å². The van der Waals surface area contributed by atoms with Crippen LogP contribution in [0, 0.1) is 23.7 Å². The molecule has 0 aliphatic heterocycles. The first-order chi connectivity index (χ1) is 6.31. The van der Waals surface area contributed by atoms with E-state index in [0.29, 0.717) is 17.8 Å². The molecule has 0 aromatic carbocycles. The first kappa shape index (κ1) is 7.36. The molecule has 13 heavy (non-hydrogen) atoms. The number of hydrogen-bond donors (Lipinski definition) is 0. The molecule has 0 radical (unpaired) electrons. The molecule has 4 atom stereocenters. The van der Waals surface area contributed by atoms with Gasteiger partial charge in [-0.05, 0) is 18.3 Å². The minimum atomic E-state index is 0.213. The fourth-order valence-corrected chi connectivity index (χ4v) is 3.13. The third-order valence-corrected chi connectivity index (χ3v) is 3.64. The van der Waals surface area contributed by atoms with Crippen molar-refractivity contribution in [2.45, 2.75) is 6.42 Å². The normalized spacial score (nSPS) is 45.3. The number of ether oxygens (including phenoxy) is 1. The summed E-state index contributed by atoms with van der Waals surface area (Å²) in [4.78, 5) is 11.6. The lowest BCUT2D eigenvalue weighted by Gasteiger charge is -2.21. The van der Waals surface area contributed by atoms with Crippen molar-refractivity contribution in [2.75, 3.05) is 7.11 Å². The Balaban J connectivity index is 2.03. The van der Waals surface area contributed by atoms with Crippen LogP contribution in [0.5, 0.6) is 0 Å². The molecule has 3 aliphatic carbocycles. The van der Waals surface area contributed by atoms with Gasteiger partial charge in [0.2, 0.25) is 0 Å². The van der Waals surface area contributed by atoms with E-state index < -0.39 is 0 Å². The molecule has 0 aromatic rings. The molecule has 3 rings (SSSR count). The summed E-state index contributed by atoms with van der Waals surface area (Å²) in [6.45, 7) is 0. The summed E-state index contributed by atoms with van der Waals surface area (Å²) in [5, 5.41) is 0. The highest BCUT2D eigenvalue weighted by Crippen LogP contribution is 2.54. The lowest BCUT2D eigenvalue weighted by atomic mass is 9.84. The summed E-state index contributed by atoms with van der Waals surface area (Å²) in [5.74, 6) is 2.82. The quantitative estimate of drug-likeness (QED) is 0.566. The molecule has 2 nitrogen and oxygen atoms in total. The molecule has 0 heterocycles. The maximum atomic E-state index is 11.6. The average Bonchev–Trinajstić information content (AvgIpc) is 2.76. The summed E-state index contributed by atoms with van der Waals surface area (Å²) in [6, 6.07) is 0. The van der Waals surface area contributed by atoms with Gasteiger partial charge in [-0.25, -0.2) is 0 Å². The van der Waals surface area contributed by atoms with Crippen LogP contribution in [-0.2, 0) is 9.53 Å². The van der Waals surface area contributed by atoms with Crippen molar-refractivity contribution in [2.24, 2.45) is 23.7 Å². The molecular weight excluding hydrogens is 164 g/mol. The van der Waals surface area contributed by atoms with Gasteiger partial charge in [0.25, 0.3) is 0 Å². The van der Waals surface area contributed by atoms with Gasteiger partial charge in [-0.1, -0.05) is 12.2 Å². The monoisotopic (exact) mass is 176 g/mol. The minimum absolute atomic E-state index is 0.213. The summed E-state index contributed by atoms with van der Waals surface area (Å²) in [5.41, 5.74) is 0. The standard InChI is InChI=1S/C11H12O2/c1-13-9-5-8(12)10-6-2-3-7(4-6)11(9)10/h2-3,5-7,10-11H,4H2,1H3/t6-,7+,10+,11-/m0/s1. The largest absolute Gasteiger partial charge is 0.501 e. The molecule has 0 amide bonds. The van der Waals surface area contributed by atoms with E-state index in [-0.39, 0.29) is 11.7 Å². The Labute approximate surface area is 77.3 Å². The van der Waals surface area contributed by atoms with E-state index >= 15 is 0 Å². The van der Waals surface area contributed by atoms with Crippen molar-refractivity contribution in [1.29, 1.82) is 0 Å². The third-order valence-electron chi connectivity index (χ3n) is 3.64. The molecule has 68 valence electrons. The minimum Gasteiger partial charge on any atom is -0.501 e. The fraction of sp³-hybridized carbons (Fsp3) is 0.545. The average molecular weight is 176 g/mol. The van der Waals surface area contributed by atoms with E-state index in [1.165, 1.54) is 0 Å². The molecule has 0 N–H and O–H groups in total. The topological polar surface area (TPSA) is 26.3 Å². The van der Waals surface area contributed by atoms with Gasteiger partial charge >= 0.3 is 0 Å². The third kappa shape index (κ3) is 0.761. The van der Waals surface area contributed by atoms with Gasteiger partial charge in [0, 0.05) is 17.9 Å². The SMILES string of the molecule is COC1=CC(=O)[C@@H]2[C@H]1[C@@H]1C=C[C@H]2C1. The van der Waals surface area contributed by atoms with Crippen molar-refractivity contribution in [3.05, 3.63) is 24.0 Å². The van der Waals surface area contributed by atoms with Crippen molar-refractivity contribution in [1.82, 2.24) is 0 Å². The number of methoxy groups -OCH3 is 1. The summed E-state index contributed by atoms with van der Waals surface area (Å²) >= 11 is 0. The Bertz CT molecular complexity index is 327. The predicted molar refractivity (Wildman–Crippen MR) is 47.8 cm³/mol. The van der Waals surface area contributed by atoms with Gasteiger partial charge in [0.1, 0.15) is 5.76 Å². The second-order valence-electron chi connectivity index (χ2n) is 4.15. The first-order valence-electron chi connectivity index (χ1n) is 4.79. The van der Waals surface area contributed by atoms with E-state index in [1.807, 2.05) is 0 Å². The number of hydrogen-bond acceptors (Lipinski definition) is 2. The van der Waals surface area contributed by atoms with E-state index in [9.17, 15) is 4.79 Å². The van der Waals surface area contributed by atoms with Crippen molar-refractivity contribution in [3.8, 4) is 0 Å². The van der Waals surface area contributed by atoms with Gasteiger partial charge < -0.3 is 4.74 Å². The highest BCUT2D eigenvalue weighted by atomic mass is 16.5. The summed E-state index contributed by atoms with van der Waals surface area (Å²) in [6.07, 6.45) is 7.30. The highest BCUT2D eigenvalue weighted by molar-refractivity contribution is 5.96. The van der Waals surface area contributed by atoms with E-state index in [2.05, 4.69) is 12.2 Å². The van der Waals surface area contributed by atoms with Crippen LogP contribution in [0.3, 0.4) is 0 Å². The van der Waals surface area contributed by atoms with Crippen LogP contribution in [-0.4, -0.2) is 12.9 Å². The zero-order valence-electron chi connectivity index (χ0n) is 7.57. The van der Waals surface area contributed by atoms with Crippen molar-refractivity contribution < 1.29 is 9.53 Å². The van der Waals surface area contributed by atoms with Crippen LogP contribution < -0.4 is 0 Å². The summed E-state index contributed by atoms with van der Waals surface area (Å²) < 4.78 is 5.25. The Morgan fingerprint density at radius 3 is 2.69 bits per heavy atom. The van der Waals surface area contributed by atoms with Gasteiger partial charge in [-0.3, -0.25) is 4.79 Å². The Morgan fingerprint density at radius 1 is 1.31 bits per heavy atom. The Morgan fingerprint density at radius 2 is 2.00 bits per heavy atom. The zero-order chi connectivity index (χ0) is 9.00.